The average molecular weight is 801 g/mol. The highest BCUT2D eigenvalue weighted by Crippen LogP contribution is 2.29. The second kappa shape index (κ2) is 27.3. The first-order chi connectivity index (χ1) is 29.1. The molecule has 0 spiro atoms. The van der Waals surface area contributed by atoms with Crippen molar-refractivity contribution >= 4 is 35.8 Å². The number of amides is 1. The van der Waals surface area contributed by atoms with Crippen LogP contribution in [0, 0.1) is 5.41 Å². The van der Waals surface area contributed by atoms with E-state index >= 15 is 0 Å². The number of esters is 4. The first kappa shape index (κ1) is 42.8. The minimum atomic E-state index is -3.11. The molecular weight excluding hydrogens is 743 g/mol. The third-order valence-corrected chi connectivity index (χ3v) is 7.92. The van der Waals surface area contributed by atoms with Crippen molar-refractivity contribution in [1.82, 2.24) is 5.32 Å². The monoisotopic (exact) mass is 800 g/mol. The van der Waals surface area contributed by atoms with E-state index in [1.165, 1.54) is 62.4 Å². The van der Waals surface area contributed by atoms with E-state index in [-0.39, 0.29) is 36.4 Å². The largest absolute Gasteiger partial charge is 0.481 e. The van der Waals surface area contributed by atoms with Crippen molar-refractivity contribution in [2.75, 3.05) is 13.2 Å². The third-order valence-electron chi connectivity index (χ3n) is 7.92. The number of carbonyl (C=O) groups is 6. The molecule has 0 aromatic heterocycles. The summed E-state index contributed by atoms with van der Waals surface area (Å²) in [4.78, 5) is 76.0. The van der Waals surface area contributed by atoms with Gasteiger partial charge in [0.15, 0.2) is 6.10 Å². The van der Waals surface area contributed by atoms with Crippen molar-refractivity contribution in [3.63, 3.8) is 0 Å². The van der Waals surface area contributed by atoms with Gasteiger partial charge >= 0.3 is 29.8 Å². The minimum Gasteiger partial charge on any atom is -0.481 e. The van der Waals surface area contributed by atoms with Gasteiger partial charge < -0.3 is 29.4 Å². The summed E-state index contributed by atoms with van der Waals surface area (Å²) in [5.74, 6) is -7.19. The van der Waals surface area contributed by atoms with Crippen molar-refractivity contribution in [3.8, 4) is 11.5 Å². The van der Waals surface area contributed by atoms with Crippen LogP contribution in [0.3, 0.4) is 0 Å². The van der Waals surface area contributed by atoms with E-state index in [4.69, 9.17) is 28.2 Å². The Morgan fingerprint density at radius 1 is 0.707 bits per heavy atom. The Labute approximate surface area is 345 Å². The summed E-state index contributed by atoms with van der Waals surface area (Å²) in [5.41, 5.74) is -1.98. The number of aliphatic carboxylic acids is 1. The highest BCUT2D eigenvalue weighted by Gasteiger charge is 2.40. The summed E-state index contributed by atoms with van der Waals surface area (Å²) >= 11 is 0. The highest BCUT2D eigenvalue weighted by atomic mass is 16.6. The standard InChI is InChI=1S/C46H55NO11/c1-5-6-7-8-9-10-11-12-13-14-15-16-17-18-19-20-21-22-31-41(51)55-34-46(3,4)42(43(52)47-33-32-40(49)50)58-45(54)37-28-24-26-30-39(37)57-44(53)36-27-23-25-29-38(36)56-35(2)48/h6-7,9-10,12-13,15-16,18-19,21-30,42H,5,8,11,14,17,20,31-34H2,1-4H3,(H,47,52)(H,49,50)/t42-/m0/s1/i2D3. The zero-order valence-corrected chi connectivity index (χ0v) is 33.2. The molecule has 0 aliphatic carbocycles. The van der Waals surface area contributed by atoms with E-state index in [2.05, 4.69) is 60.8 Å². The van der Waals surface area contributed by atoms with E-state index < -0.39 is 66.3 Å². The molecule has 2 aromatic carbocycles. The third kappa shape index (κ3) is 19.5. The van der Waals surface area contributed by atoms with Crippen LogP contribution in [0.15, 0.2) is 121 Å². The van der Waals surface area contributed by atoms with Gasteiger partial charge in [-0.3, -0.25) is 19.2 Å². The van der Waals surface area contributed by atoms with E-state index in [1.54, 1.807) is 6.08 Å². The lowest BCUT2D eigenvalue weighted by molar-refractivity contribution is -0.153. The number of benzene rings is 2. The lowest BCUT2D eigenvalue weighted by atomic mass is 9.86. The first-order valence-corrected chi connectivity index (χ1v) is 18.9. The van der Waals surface area contributed by atoms with E-state index in [1.807, 2.05) is 18.2 Å². The van der Waals surface area contributed by atoms with Crippen molar-refractivity contribution in [1.29, 1.82) is 0 Å². The summed E-state index contributed by atoms with van der Waals surface area (Å²) in [6.07, 6.45) is 27.6. The van der Waals surface area contributed by atoms with Gasteiger partial charge in [0.25, 0.3) is 5.91 Å². The molecule has 0 radical (unpaired) electrons. The second-order valence-corrected chi connectivity index (χ2v) is 13.3. The summed E-state index contributed by atoms with van der Waals surface area (Å²) in [6, 6.07) is 10.6. The maximum atomic E-state index is 13.6. The van der Waals surface area contributed by atoms with Crippen LogP contribution in [0.4, 0.5) is 0 Å². The molecule has 0 unspecified atom stereocenters. The Morgan fingerprint density at radius 3 is 1.71 bits per heavy atom. The number of hydrogen-bond acceptors (Lipinski definition) is 10. The van der Waals surface area contributed by atoms with Crippen LogP contribution in [0.1, 0.15) is 104 Å². The number of para-hydroxylation sites is 2. The SMILES string of the molecule is [2H]C([2H])([2H])C(=O)Oc1ccccc1C(=O)Oc1ccccc1C(=O)O[C@@H](C(=O)NCCC(=O)O)C(C)(C)COC(=O)CC=CCC=CCC=CCC=CCC=CCC=CCC. The molecular formula is C46H55NO11. The number of ether oxygens (including phenoxy) is 4. The predicted octanol–water partition coefficient (Wildman–Crippen LogP) is 8.60. The first-order valence-electron chi connectivity index (χ1n) is 20.4. The van der Waals surface area contributed by atoms with Crippen LogP contribution < -0.4 is 14.8 Å². The van der Waals surface area contributed by atoms with Gasteiger partial charge in [0.05, 0.1) is 12.8 Å². The molecule has 0 saturated carbocycles. The highest BCUT2D eigenvalue weighted by molar-refractivity contribution is 5.99. The molecule has 2 aromatic rings. The quantitative estimate of drug-likeness (QED) is 0.0560. The molecule has 2 rings (SSSR count). The summed E-state index contributed by atoms with van der Waals surface area (Å²) < 4.78 is 43.2. The zero-order chi connectivity index (χ0) is 45.1. The number of carboxylic acids is 1. The van der Waals surface area contributed by atoms with Crippen molar-refractivity contribution in [2.24, 2.45) is 5.41 Å². The van der Waals surface area contributed by atoms with Crippen LogP contribution in [-0.2, 0) is 28.7 Å². The normalized spacial score (nSPS) is 13.5. The lowest BCUT2D eigenvalue weighted by Gasteiger charge is -2.32. The molecule has 0 heterocycles. The molecule has 310 valence electrons. The summed E-state index contributed by atoms with van der Waals surface area (Å²) in [6.45, 7) is 1.36. The Kier molecular flexibility index (Phi) is 20.2. The number of nitrogens with one attached hydrogen (secondary N) is 1. The van der Waals surface area contributed by atoms with Gasteiger partial charge in [-0.15, -0.1) is 0 Å². The van der Waals surface area contributed by atoms with Crippen LogP contribution in [0.2, 0.25) is 0 Å². The second-order valence-electron chi connectivity index (χ2n) is 13.3. The molecule has 0 bridgehead atoms. The fourth-order valence-electron chi connectivity index (χ4n) is 4.93. The number of allylic oxidation sites excluding steroid dienone is 11. The molecule has 0 saturated heterocycles. The maximum absolute atomic E-state index is 13.6. The molecule has 58 heavy (non-hydrogen) atoms. The topological polar surface area (TPSA) is 172 Å². The minimum absolute atomic E-state index is 0.0622. The fourth-order valence-corrected chi connectivity index (χ4v) is 4.93. The van der Waals surface area contributed by atoms with E-state index in [0.717, 1.165) is 32.1 Å². The Morgan fingerprint density at radius 2 is 1.19 bits per heavy atom. The Balaban J connectivity index is 2.02. The molecule has 0 aliphatic heterocycles. The number of carbonyl (C=O) groups excluding carboxylic acids is 5. The molecule has 1 amide bonds. The van der Waals surface area contributed by atoms with Gasteiger partial charge in [-0.2, -0.15) is 0 Å². The summed E-state index contributed by atoms with van der Waals surface area (Å²) in [5, 5.41) is 11.5. The van der Waals surface area contributed by atoms with Crippen LogP contribution in [-0.4, -0.2) is 60.1 Å². The molecule has 2 N–H and O–H groups in total. The summed E-state index contributed by atoms with van der Waals surface area (Å²) in [7, 11) is 0. The van der Waals surface area contributed by atoms with Crippen LogP contribution in [0.25, 0.3) is 0 Å². The number of hydrogen-bond donors (Lipinski definition) is 2. The molecule has 1 atom stereocenters. The zero-order valence-electron chi connectivity index (χ0n) is 36.2. The Hall–Kier alpha value is -6.30. The smallest absolute Gasteiger partial charge is 0.347 e. The molecule has 0 aliphatic rings. The molecule has 12 nitrogen and oxygen atoms in total. The molecule has 0 fully saturated rings. The Bertz CT molecular complexity index is 1960. The van der Waals surface area contributed by atoms with Crippen LogP contribution >= 0.6 is 0 Å². The maximum Gasteiger partial charge on any atom is 0.347 e. The van der Waals surface area contributed by atoms with Gasteiger partial charge in [-0.05, 0) is 62.8 Å². The van der Waals surface area contributed by atoms with Gasteiger partial charge in [-0.25, -0.2) is 9.59 Å². The van der Waals surface area contributed by atoms with Gasteiger partial charge in [-0.1, -0.05) is 118 Å². The van der Waals surface area contributed by atoms with Gasteiger partial charge in [0.2, 0.25) is 0 Å². The van der Waals surface area contributed by atoms with Crippen molar-refractivity contribution in [2.45, 2.75) is 85.1 Å². The van der Waals surface area contributed by atoms with E-state index in [9.17, 15) is 28.8 Å². The number of rotatable bonds is 25. The van der Waals surface area contributed by atoms with Crippen molar-refractivity contribution in [3.05, 3.63) is 133 Å². The van der Waals surface area contributed by atoms with Crippen molar-refractivity contribution < 1.29 is 56.9 Å². The van der Waals surface area contributed by atoms with Crippen LogP contribution in [0.5, 0.6) is 11.5 Å². The number of carboxylic acid groups (broad SMARTS) is 1. The van der Waals surface area contributed by atoms with Gasteiger partial charge in [0.1, 0.15) is 29.2 Å². The fraction of sp³-hybridized carbons (Fsp3) is 0.348. The average Bonchev–Trinajstić information content (AvgIpc) is 3.21. The van der Waals surface area contributed by atoms with E-state index in [0.29, 0.717) is 6.42 Å². The lowest BCUT2D eigenvalue weighted by Crippen LogP contribution is -2.49. The van der Waals surface area contributed by atoms with Gasteiger partial charge in [0, 0.05) is 22.9 Å². The molecule has 12 heteroatoms. The predicted molar refractivity (Wildman–Crippen MR) is 221 cm³/mol.